The highest BCUT2D eigenvalue weighted by Crippen LogP contribution is 2.40. The molecule has 0 saturated heterocycles. The molecule has 2 aromatic carbocycles. The molecule has 140 valence electrons. The SMILES string of the molecule is Cn1ncnc1C1C2=NCC(=O)c3cccc(c32)NNC1c1ccc(F)cc1. The lowest BCUT2D eigenvalue weighted by Gasteiger charge is -2.27. The van der Waals surface area contributed by atoms with Crippen molar-refractivity contribution in [3.8, 4) is 0 Å². The van der Waals surface area contributed by atoms with E-state index >= 15 is 0 Å². The molecule has 2 N–H and O–H groups in total. The minimum Gasteiger partial charge on any atom is -0.320 e. The molecule has 2 aliphatic rings. The Balaban J connectivity index is 1.74. The summed E-state index contributed by atoms with van der Waals surface area (Å²) in [7, 11) is 1.82. The summed E-state index contributed by atoms with van der Waals surface area (Å²) in [6, 6.07) is 11.6. The lowest BCUT2D eigenvalue weighted by molar-refractivity contribution is 0.1000. The van der Waals surface area contributed by atoms with E-state index in [1.807, 2.05) is 25.2 Å². The summed E-state index contributed by atoms with van der Waals surface area (Å²) in [6.07, 6.45) is 1.50. The molecule has 0 fully saturated rings. The number of aryl methyl sites for hydroxylation is 1. The van der Waals surface area contributed by atoms with Gasteiger partial charge in [0.1, 0.15) is 24.5 Å². The van der Waals surface area contributed by atoms with E-state index in [4.69, 9.17) is 0 Å². The number of nitrogens with one attached hydrogen (secondary N) is 2. The maximum absolute atomic E-state index is 13.5. The second-order valence-corrected chi connectivity index (χ2v) is 6.87. The van der Waals surface area contributed by atoms with Crippen LogP contribution in [-0.4, -0.2) is 32.8 Å². The molecule has 0 bridgehead atoms. The van der Waals surface area contributed by atoms with Gasteiger partial charge in [-0.2, -0.15) is 5.10 Å². The van der Waals surface area contributed by atoms with Crippen LogP contribution >= 0.6 is 0 Å². The first-order valence-corrected chi connectivity index (χ1v) is 8.95. The van der Waals surface area contributed by atoms with Crippen molar-refractivity contribution in [2.45, 2.75) is 12.0 Å². The van der Waals surface area contributed by atoms with Crippen LogP contribution < -0.4 is 10.9 Å². The number of halogens is 1. The van der Waals surface area contributed by atoms with Gasteiger partial charge in [-0.05, 0) is 23.8 Å². The fourth-order valence-corrected chi connectivity index (χ4v) is 3.94. The van der Waals surface area contributed by atoms with E-state index in [0.29, 0.717) is 11.4 Å². The van der Waals surface area contributed by atoms with E-state index < -0.39 is 0 Å². The molecule has 5 rings (SSSR count). The van der Waals surface area contributed by atoms with Crippen LogP contribution in [0.5, 0.6) is 0 Å². The van der Waals surface area contributed by atoms with Crippen molar-refractivity contribution in [1.29, 1.82) is 0 Å². The Morgan fingerprint density at radius 1 is 1.18 bits per heavy atom. The van der Waals surface area contributed by atoms with Gasteiger partial charge in [-0.3, -0.25) is 14.5 Å². The second-order valence-electron chi connectivity index (χ2n) is 6.87. The minimum atomic E-state index is -0.319. The van der Waals surface area contributed by atoms with Gasteiger partial charge in [0.2, 0.25) is 0 Å². The number of hydrazine groups is 1. The Kier molecular flexibility index (Phi) is 3.80. The molecule has 3 aromatic rings. The molecule has 8 heteroatoms. The highest BCUT2D eigenvalue weighted by atomic mass is 19.1. The van der Waals surface area contributed by atoms with Crippen LogP contribution in [0.1, 0.15) is 39.3 Å². The molecule has 28 heavy (non-hydrogen) atoms. The Morgan fingerprint density at radius 2 is 2.00 bits per heavy atom. The zero-order valence-corrected chi connectivity index (χ0v) is 15.1. The standard InChI is InChI=1S/C20H17FN6O/c1-27-20(23-10-24-27)17-18(11-5-7-12(21)8-6-11)26-25-14-4-2-3-13-15(28)9-22-19(17)16(13)14/h2-8,10,17-18,25-26H,9H2,1H3. The third-order valence-electron chi connectivity index (χ3n) is 5.26. The lowest BCUT2D eigenvalue weighted by Crippen LogP contribution is -2.34. The fourth-order valence-electron chi connectivity index (χ4n) is 3.94. The van der Waals surface area contributed by atoms with Gasteiger partial charge in [-0.1, -0.05) is 24.3 Å². The quantitative estimate of drug-likeness (QED) is 0.718. The minimum absolute atomic E-state index is 0.0145. The van der Waals surface area contributed by atoms with Gasteiger partial charge in [0.15, 0.2) is 5.78 Å². The van der Waals surface area contributed by atoms with Gasteiger partial charge < -0.3 is 5.43 Å². The van der Waals surface area contributed by atoms with Crippen LogP contribution in [0.3, 0.4) is 0 Å². The van der Waals surface area contributed by atoms with E-state index in [1.165, 1.54) is 18.5 Å². The van der Waals surface area contributed by atoms with Crippen molar-refractivity contribution in [3.63, 3.8) is 0 Å². The number of rotatable bonds is 2. The molecular weight excluding hydrogens is 359 g/mol. The number of carbonyl (C=O) groups is 1. The smallest absolute Gasteiger partial charge is 0.184 e. The Hall–Kier alpha value is -3.39. The summed E-state index contributed by atoms with van der Waals surface area (Å²) in [5.41, 5.74) is 10.4. The van der Waals surface area contributed by atoms with Gasteiger partial charge in [0.25, 0.3) is 0 Å². The molecule has 0 amide bonds. The van der Waals surface area contributed by atoms with Crippen LogP contribution in [0.15, 0.2) is 53.8 Å². The molecule has 1 aromatic heterocycles. The summed E-state index contributed by atoms with van der Waals surface area (Å²) in [5.74, 6) is 0.0754. The topological polar surface area (TPSA) is 84.2 Å². The molecule has 3 heterocycles. The first-order chi connectivity index (χ1) is 13.6. The molecule has 2 atom stereocenters. The Morgan fingerprint density at radius 3 is 2.75 bits per heavy atom. The molecule has 7 nitrogen and oxygen atoms in total. The summed E-state index contributed by atoms with van der Waals surface area (Å²) in [6.45, 7) is 0.0935. The third kappa shape index (κ3) is 2.53. The van der Waals surface area contributed by atoms with Crippen molar-refractivity contribution in [2.75, 3.05) is 12.0 Å². The number of anilines is 1. The molecule has 2 unspecified atom stereocenters. The normalized spacial score (nSPS) is 20.8. The highest BCUT2D eigenvalue weighted by Gasteiger charge is 2.39. The number of nitrogens with zero attached hydrogens (tertiary/aromatic N) is 4. The first kappa shape index (κ1) is 16.8. The first-order valence-electron chi connectivity index (χ1n) is 8.95. The van der Waals surface area contributed by atoms with E-state index in [9.17, 15) is 9.18 Å². The van der Waals surface area contributed by atoms with Crippen molar-refractivity contribution in [3.05, 3.63) is 77.1 Å². The van der Waals surface area contributed by atoms with E-state index in [1.54, 1.807) is 16.8 Å². The summed E-state index contributed by atoms with van der Waals surface area (Å²) >= 11 is 0. The summed E-state index contributed by atoms with van der Waals surface area (Å²) < 4.78 is 15.2. The van der Waals surface area contributed by atoms with Crippen LogP contribution in [0.4, 0.5) is 10.1 Å². The van der Waals surface area contributed by atoms with Crippen molar-refractivity contribution in [1.82, 2.24) is 20.2 Å². The Bertz CT molecular complexity index is 1100. The van der Waals surface area contributed by atoms with Gasteiger partial charge >= 0.3 is 0 Å². The average Bonchev–Trinajstić information content (AvgIpc) is 3.05. The predicted molar refractivity (Wildman–Crippen MR) is 102 cm³/mol. The van der Waals surface area contributed by atoms with Crippen LogP contribution in [0, 0.1) is 5.82 Å². The molecule has 0 spiro atoms. The van der Waals surface area contributed by atoms with Gasteiger partial charge in [-0.15, -0.1) is 0 Å². The molecule has 0 radical (unpaired) electrons. The van der Waals surface area contributed by atoms with Crippen molar-refractivity contribution < 1.29 is 9.18 Å². The molecular formula is C20H17FN6O. The molecule has 2 aliphatic heterocycles. The number of aromatic nitrogens is 3. The maximum Gasteiger partial charge on any atom is 0.184 e. The maximum atomic E-state index is 13.5. The van der Waals surface area contributed by atoms with Crippen molar-refractivity contribution >= 4 is 17.2 Å². The Labute approximate surface area is 160 Å². The van der Waals surface area contributed by atoms with E-state index in [0.717, 1.165) is 22.5 Å². The highest BCUT2D eigenvalue weighted by molar-refractivity contribution is 6.20. The van der Waals surface area contributed by atoms with Crippen LogP contribution in [0.25, 0.3) is 0 Å². The zero-order chi connectivity index (χ0) is 19.3. The van der Waals surface area contributed by atoms with Gasteiger partial charge in [0.05, 0.1) is 23.4 Å². The summed E-state index contributed by atoms with van der Waals surface area (Å²) in [5, 5.41) is 4.22. The van der Waals surface area contributed by atoms with Gasteiger partial charge in [0, 0.05) is 18.2 Å². The summed E-state index contributed by atoms with van der Waals surface area (Å²) in [4.78, 5) is 21.6. The number of benzene rings is 2. The number of hydrogen-bond donors (Lipinski definition) is 2. The monoisotopic (exact) mass is 376 g/mol. The fraction of sp³-hybridized carbons (Fsp3) is 0.200. The van der Waals surface area contributed by atoms with Crippen LogP contribution in [0.2, 0.25) is 0 Å². The molecule has 0 aliphatic carbocycles. The second kappa shape index (κ2) is 6.35. The number of hydrogen-bond acceptors (Lipinski definition) is 6. The largest absolute Gasteiger partial charge is 0.320 e. The van der Waals surface area contributed by atoms with Gasteiger partial charge in [-0.25, -0.2) is 14.8 Å². The van der Waals surface area contributed by atoms with E-state index in [2.05, 4.69) is 25.9 Å². The number of aliphatic imine (C=N–C) groups is 1. The average molecular weight is 376 g/mol. The van der Waals surface area contributed by atoms with E-state index in [-0.39, 0.29) is 30.1 Å². The molecule has 0 saturated carbocycles. The van der Waals surface area contributed by atoms with Crippen LogP contribution in [-0.2, 0) is 7.05 Å². The number of carbonyl (C=O) groups excluding carboxylic acids is 1. The number of Topliss-reactive ketones (excluding diaryl/α,β-unsaturated/α-hetero) is 1. The number of ketones is 1. The third-order valence-corrected chi connectivity index (χ3v) is 5.26. The predicted octanol–water partition coefficient (Wildman–Crippen LogP) is 2.39. The lowest BCUT2D eigenvalue weighted by atomic mass is 9.82. The zero-order valence-electron chi connectivity index (χ0n) is 15.1. The van der Waals surface area contributed by atoms with Crippen molar-refractivity contribution in [2.24, 2.45) is 12.0 Å².